The van der Waals surface area contributed by atoms with Gasteiger partial charge in [0.15, 0.2) is 0 Å². The number of nitrogens with one attached hydrogen (secondary N) is 3. The van der Waals surface area contributed by atoms with Gasteiger partial charge in [-0.25, -0.2) is 4.79 Å². The molecule has 7 heteroatoms. The van der Waals surface area contributed by atoms with Crippen LogP contribution in [0.2, 0.25) is 5.02 Å². The van der Waals surface area contributed by atoms with Crippen LogP contribution in [0.25, 0.3) is 10.9 Å². The number of para-hydroxylation sites is 1. The molecule has 1 aromatic heterocycles. The smallest absolute Gasteiger partial charge is 0.319 e. The van der Waals surface area contributed by atoms with Gasteiger partial charge < -0.3 is 15.7 Å². The predicted molar refractivity (Wildman–Crippen MR) is 104 cm³/mol. The number of nitrogens with zero attached hydrogens (tertiary/aromatic N) is 1. The number of aliphatic hydroxyl groups is 1. The monoisotopic (exact) mass is 382 g/mol. The highest BCUT2D eigenvalue weighted by Gasteiger charge is 2.62. The number of amides is 2. The van der Waals surface area contributed by atoms with Crippen molar-refractivity contribution in [3.05, 3.63) is 59.2 Å². The molecule has 2 amide bonds. The Balaban J connectivity index is 1.27. The van der Waals surface area contributed by atoms with Crippen molar-refractivity contribution in [1.29, 1.82) is 0 Å². The predicted octanol–water partition coefficient (Wildman–Crippen LogP) is 3.63. The van der Waals surface area contributed by atoms with Gasteiger partial charge in [-0.05, 0) is 54.5 Å². The maximum Gasteiger partial charge on any atom is 0.319 e. The molecule has 0 bridgehead atoms. The van der Waals surface area contributed by atoms with Crippen LogP contribution in [0.3, 0.4) is 0 Å². The second kappa shape index (κ2) is 5.97. The number of H-pyrrole nitrogens is 1. The quantitative estimate of drug-likeness (QED) is 0.557. The van der Waals surface area contributed by atoms with E-state index < -0.39 is 5.60 Å². The molecule has 138 valence electrons. The van der Waals surface area contributed by atoms with Crippen molar-refractivity contribution in [2.24, 2.45) is 11.8 Å². The van der Waals surface area contributed by atoms with Crippen molar-refractivity contribution in [2.75, 3.05) is 5.32 Å². The number of hydrogen-bond acceptors (Lipinski definition) is 3. The van der Waals surface area contributed by atoms with E-state index in [1.807, 2.05) is 42.5 Å². The summed E-state index contributed by atoms with van der Waals surface area (Å²) >= 11 is 6.22. The largest absolute Gasteiger partial charge is 0.385 e. The highest BCUT2D eigenvalue weighted by atomic mass is 35.5. The van der Waals surface area contributed by atoms with Gasteiger partial charge >= 0.3 is 6.03 Å². The molecule has 0 aliphatic heterocycles. The van der Waals surface area contributed by atoms with Gasteiger partial charge in [0, 0.05) is 22.1 Å². The van der Waals surface area contributed by atoms with Crippen LogP contribution in [0.4, 0.5) is 10.5 Å². The third-order valence-corrected chi connectivity index (χ3v) is 6.05. The number of urea groups is 1. The summed E-state index contributed by atoms with van der Waals surface area (Å²) in [6.45, 7) is 0. The van der Waals surface area contributed by atoms with E-state index >= 15 is 0 Å². The molecule has 2 aromatic carbocycles. The number of halogens is 1. The standard InChI is InChI=1S/C20H19ClN4O2/c21-11-6-16(15-10-22-25-17(15)7-11)20(27)8-13-14(9-20)18(13)24-19(26)23-12-4-2-1-3-5-12/h1-7,10,13-14,18,27H,8-9H2,(H,22,25)(H2,23,24,26)/t13-,14+,18+,20-. The lowest BCUT2D eigenvalue weighted by atomic mass is 9.86. The van der Waals surface area contributed by atoms with Crippen molar-refractivity contribution < 1.29 is 9.90 Å². The lowest BCUT2D eigenvalue weighted by Gasteiger charge is -2.27. The second-order valence-corrected chi connectivity index (χ2v) is 7.98. The Morgan fingerprint density at radius 2 is 1.96 bits per heavy atom. The van der Waals surface area contributed by atoms with E-state index in [4.69, 9.17) is 11.6 Å². The van der Waals surface area contributed by atoms with E-state index in [9.17, 15) is 9.90 Å². The Kier molecular flexibility index (Phi) is 3.67. The molecule has 2 aliphatic carbocycles. The van der Waals surface area contributed by atoms with Gasteiger partial charge in [0.2, 0.25) is 0 Å². The Labute approximate surface area is 160 Å². The molecule has 3 aromatic rings. The number of rotatable bonds is 3. The maximum absolute atomic E-state index is 12.2. The fraction of sp³-hybridized carbons (Fsp3) is 0.300. The zero-order chi connectivity index (χ0) is 18.6. The molecule has 27 heavy (non-hydrogen) atoms. The van der Waals surface area contributed by atoms with Crippen LogP contribution < -0.4 is 10.6 Å². The number of carbonyl (C=O) groups excluding carboxylic acids is 1. The molecule has 5 rings (SSSR count). The highest BCUT2D eigenvalue weighted by molar-refractivity contribution is 6.31. The number of anilines is 1. The van der Waals surface area contributed by atoms with E-state index in [2.05, 4.69) is 20.8 Å². The molecule has 6 nitrogen and oxygen atoms in total. The molecule has 2 saturated carbocycles. The number of aromatic amines is 1. The van der Waals surface area contributed by atoms with E-state index in [1.165, 1.54) is 0 Å². The van der Waals surface area contributed by atoms with Gasteiger partial charge in [0.1, 0.15) is 0 Å². The average molecular weight is 383 g/mol. The van der Waals surface area contributed by atoms with E-state index in [1.54, 1.807) is 6.20 Å². The van der Waals surface area contributed by atoms with E-state index in [0.717, 1.165) is 22.2 Å². The molecule has 0 saturated heterocycles. The summed E-state index contributed by atoms with van der Waals surface area (Å²) < 4.78 is 0. The third kappa shape index (κ3) is 2.85. The Bertz CT molecular complexity index is 1010. The van der Waals surface area contributed by atoms with E-state index in [-0.39, 0.29) is 23.9 Å². The molecule has 2 aliphatic rings. The fourth-order valence-electron chi connectivity index (χ4n) is 4.54. The van der Waals surface area contributed by atoms with Gasteiger partial charge in [-0.2, -0.15) is 5.10 Å². The number of aromatic nitrogens is 2. The van der Waals surface area contributed by atoms with Crippen molar-refractivity contribution in [2.45, 2.75) is 24.5 Å². The molecule has 0 radical (unpaired) electrons. The number of fused-ring (bicyclic) bond motifs is 2. The molecular weight excluding hydrogens is 364 g/mol. The number of benzene rings is 2. The topological polar surface area (TPSA) is 90.0 Å². The summed E-state index contributed by atoms with van der Waals surface area (Å²) in [5.74, 6) is 0.551. The van der Waals surface area contributed by atoms with Gasteiger partial charge in [-0.1, -0.05) is 29.8 Å². The SMILES string of the molecule is O=C(Nc1ccccc1)N[C@H]1[C@@H]2C[C@](O)(c3cc(Cl)cc4[nH]ncc34)C[C@@H]21. The first kappa shape index (κ1) is 16.6. The van der Waals surface area contributed by atoms with Crippen LogP contribution in [0.15, 0.2) is 48.7 Å². The second-order valence-electron chi connectivity index (χ2n) is 7.54. The van der Waals surface area contributed by atoms with Gasteiger partial charge in [0.05, 0.1) is 17.3 Å². The van der Waals surface area contributed by atoms with Crippen molar-refractivity contribution in [1.82, 2.24) is 15.5 Å². The minimum absolute atomic E-state index is 0.105. The molecule has 4 atom stereocenters. The van der Waals surface area contributed by atoms with Gasteiger partial charge in [0.25, 0.3) is 0 Å². The van der Waals surface area contributed by atoms with Crippen LogP contribution in [-0.2, 0) is 5.60 Å². The van der Waals surface area contributed by atoms with Crippen LogP contribution >= 0.6 is 11.6 Å². The Hall–Kier alpha value is -2.57. The minimum Gasteiger partial charge on any atom is -0.385 e. The Morgan fingerprint density at radius 3 is 2.70 bits per heavy atom. The van der Waals surface area contributed by atoms with Gasteiger partial charge in [-0.15, -0.1) is 0 Å². The van der Waals surface area contributed by atoms with Crippen molar-refractivity contribution in [3.63, 3.8) is 0 Å². The zero-order valence-corrected chi connectivity index (χ0v) is 15.2. The molecule has 0 spiro atoms. The average Bonchev–Trinajstić information content (AvgIpc) is 3.02. The summed E-state index contributed by atoms with van der Waals surface area (Å²) in [5, 5.41) is 25.6. The third-order valence-electron chi connectivity index (χ3n) is 5.83. The van der Waals surface area contributed by atoms with Crippen LogP contribution in [-0.4, -0.2) is 27.4 Å². The summed E-state index contributed by atoms with van der Waals surface area (Å²) in [7, 11) is 0. The first-order valence-electron chi connectivity index (χ1n) is 9.01. The molecule has 1 heterocycles. The molecule has 2 fully saturated rings. The molecule has 4 N–H and O–H groups in total. The first-order valence-corrected chi connectivity index (χ1v) is 9.39. The molecular formula is C20H19ClN4O2. The zero-order valence-electron chi connectivity index (χ0n) is 14.4. The number of hydrogen-bond donors (Lipinski definition) is 4. The highest BCUT2D eigenvalue weighted by Crippen LogP contribution is 2.60. The van der Waals surface area contributed by atoms with Gasteiger partial charge in [-0.3, -0.25) is 5.10 Å². The molecule has 0 unspecified atom stereocenters. The summed E-state index contributed by atoms with van der Waals surface area (Å²) in [4.78, 5) is 12.2. The lowest BCUT2D eigenvalue weighted by molar-refractivity contribution is 0.0300. The summed E-state index contributed by atoms with van der Waals surface area (Å²) in [6.07, 6.45) is 2.94. The van der Waals surface area contributed by atoms with Crippen molar-refractivity contribution >= 4 is 34.2 Å². The number of carbonyl (C=O) groups is 1. The van der Waals surface area contributed by atoms with E-state index in [0.29, 0.717) is 17.9 Å². The summed E-state index contributed by atoms with van der Waals surface area (Å²) in [5.41, 5.74) is 1.47. The summed E-state index contributed by atoms with van der Waals surface area (Å²) in [6, 6.07) is 12.9. The first-order chi connectivity index (χ1) is 13.0. The van der Waals surface area contributed by atoms with Crippen molar-refractivity contribution in [3.8, 4) is 0 Å². The van der Waals surface area contributed by atoms with Crippen LogP contribution in [0.1, 0.15) is 18.4 Å². The Morgan fingerprint density at radius 1 is 1.22 bits per heavy atom. The van der Waals surface area contributed by atoms with Crippen LogP contribution in [0.5, 0.6) is 0 Å². The minimum atomic E-state index is -0.934. The fourth-order valence-corrected chi connectivity index (χ4v) is 4.76. The maximum atomic E-state index is 12.2. The van der Waals surface area contributed by atoms with Crippen LogP contribution in [0, 0.1) is 11.8 Å². The lowest BCUT2D eigenvalue weighted by Crippen LogP contribution is -2.36. The normalized spacial score (nSPS) is 28.7.